The number of esters is 1. The lowest BCUT2D eigenvalue weighted by Crippen LogP contribution is -2.36. The molecule has 2 heterocycles. The molecule has 116 valence electrons. The molecule has 1 fully saturated rings. The van der Waals surface area contributed by atoms with E-state index in [0.29, 0.717) is 6.54 Å². The molecule has 0 aliphatic carbocycles. The number of amides is 1. The van der Waals surface area contributed by atoms with Gasteiger partial charge in [0.2, 0.25) is 0 Å². The molecule has 0 aromatic carbocycles. The Hall–Kier alpha value is -1.63. The van der Waals surface area contributed by atoms with Crippen LogP contribution in [0.15, 0.2) is 5.38 Å². The summed E-state index contributed by atoms with van der Waals surface area (Å²) in [5.74, 6) is -0.459. The maximum absolute atomic E-state index is 12.2. The first-order chi connectivity index (χ1) is 9.81. The van der Waals surface area contributed by atoms with E-state index in [1.54, 1.807) is 10.3 Å². The number of ether oxygens (including phenoxy) is 2. The Bertz CT molecular complexity index is 535. The quantitative estimate of drug-likeness (QED) is 0.785. The summed E-state index contributed by atoms with van der Waals surface area (Å²) in [4.78, 5) is 29.7. The van der Waals surface area contributed by atoms with Gasteiger partial charge in [0.15, 0.2) is 5.69 Å². The zero-order valence-corrected chi connectivity index (χ0v) is 13.5. The highest BCUT2D eigenvalue weighted by molar-refractivity contribution is 7.09. The number of methoxy groups -OCH3 is 1. The maximum atomic E-state index is 12.2. The van der Waals surface area contributed by atoms with Crippen molar-refractivity contribution in [2.45, 2.75) is 45.3 Å². The Morgan fingerprint density at radius 1 is 1.43 bits per heavy atom. The van der Waals surface area contributed by atoms with E-state index >= 15 is 0 Å². The second kappa shape index (κ2) is 6.01. The van der Waals surface area contributed by atoms with Crippen LogP contribution in [0.2, 0.25) is 0 Å². The van der Waals surface area contributed by atoms with Crippen molar-refractivity contribution >= 4 is 23.4 Å². The van der Waals surface area contributed by atoms with Gasteiger partial charge in [0, 0.05) is 11.9 Å². The van der Waals surface area contributed by atoms with Crippen molar-refractivity contribution in [2.24, 2.45) is 0 Å². The smallest absolute Gasteiger partial charge is 0.410 e. The molecule has 0 spiro atoms. The number of nitrogens with zero attached hydrogens (tertiary/aromatic N) is 2. The number of thiazole rings is 1. The van der Waals surface area contributed by atoms with E-state index in [1.165, 1.54) is 18.4 Å². The molecular weight excluding hydrogens is 292 g/mol. The van der Waals surface area contributed by atoms with Gasteiger partial charge >= 0.3 is 12.1 Å². The monoisotopic (exact) mass is 312 g/mol. The Labute approximate surface area is 128 Å². The average Bonchev–Trinajstić information content (AvgIpc) is 3.03. The highest BCUT2D eigenvalue weighted by Crippen LogP contribution is 2.34. The van der Waals surface area contributed by atoms with Gasteiger partial charge in [-0.05, 0) is 33.6 Å². The number of carbonyl (C=O) groups is 2. The van der Waals surface area contributed by atoms with Crippen molar-refractivity contribution in [3.63, 3.8) is 0 Å². The van der Waals surface area contributed by atoms with E-state index < -0.39 is 11.6 Å². The maximum Gasteiger partial charge on any atom is 0.410 e. The van der Waals surface area contributed by atoms with Gasteiger partial charge in [0.25, 0.3) is 0 Å². The first-order valence-electron chi connectivity index (χ1n) is 6.85. The third kappa shape index (κ3) is 3.72. The molecule has 1 unspecified atom stereocenters. The van der Waals surface area contributed by atoms with E-state index in [1.807, 2.05) is 20.8 Å². The Kier molecular flexibility index (Phi) is 4.51. The second-order valence-corrected chi connectivity index (χ2v) is 6.78. The van der Waals surface area contributed by atoms with Crippen LogP contribution in [-0.2, 0) is 9.47 Å². The molecule has 21 heavy (non-hydrogen) atoms. The molecule has 1 amide bonds. The zero-order valence-electron chi connectivity index (χ0n) is 12.7. The van der Waals surface area contributed by atoms with Crippen LogP contribution in [0.3, 0.4) is 0 Å². The molecule has 0 radical (unpaired) electrons. The fourth-order valence-electron chi connectivity index (χ4n) is 2.20. The first-order valence-corrected chi connectivity index (χ1v) is 7.73. The van der Waals surface area contributed by atoms with Gasteiger partial charge in [-0.1, -0.05) is 0 Å². The van der Waals surface area contributed by atoms with E-state index in [2.05, 4.69) is 9.72 Å². The van der Waals surface area contributed by atoms with Crippen LogP contribution in [0, 0.1) is 0 Å². The van der Waals surface area contributed by atoms with Crippen molar-refractivity contribution in [2.75, 3.05) is 13.7 Å². The summed E-state index contributed by atoms with van der Waals surface area (Å²) >= 11 is 1.37. The van der Waals surface area contributed by atoms with Gasteiger partial charge < -0.3 is 9.47 Å². The largest absolute Gasteiger partial charge is 0.464 e. The van der Waals surface area contributed by atoms with Gasteiger partial charge in [-0.3, -0.25) is 4.90 Å². The molecule has 0 saturated carbocycles. The second-order valence-electron chi connectivity index (χ2n) is 5.89. The topological polar surface area (TPSA) is 68.7 Å². The summed E-state index contributed by atoms with van der Waals surface area (Å²) in [6.07, 6.45) is 1.39. The van der Waals surface area contributed by atoms with E-state index in [9.17, 15) is 9.59 Å². The summed E-state index contributed by atoms with van der Waals surface area (Å²) < 4.78 is 10.1. The van der Waals surface area contributed by atoms with Crippen molar-refractivity contribution in [1.82, 2.24) is 9.88 Å². The van der Waals surface area contributed by atoms with Crippen molar-refractivity contribution in [1.29, 1.82) is 0 Å². The van der Waals surface area contributed by atoms with Crippen LogP contribution >= 0.6 is 11.3 Å². The van der Waals surface area contributed by atoms with Crippen LogP contribution in [0.1, 0.15) is 55.2 Å². The molecule has 2 rings (SSSR count). The number of hydrogen-bond acceptors (Lipinski definition) is 6. The minimum atomic E-state index is -0.524. The summed E-state index contributed by atoms with van der Waals surface area (Å²) in [5, 5.41) is 2.41. The van der Waals surface area contributed by atoms with Crippen LogP contribution in [0.25, 0.3) is 0 Å². The lowest BCUT2D eigenvalue weighted by atomic mass is 10.2. The van der Waals surface area contributed by atoms with Crippen LogP contribution in [-0.4, -0.2) is 41.2 Å². The predicted molar refractivity (Wildman–Crippen MR) is 78.4 cm³/mol. The Balaban J connectivity index is 2.13. The predicted octanol–water partition coefficient (Wildman–Crippen LogP) is 3.00. The summed E-state index contributed by atoms with van der Waals surface area (Å²) in [7, 11) is 1.32. The van der Waals surface area contributed by atoms with Crippen molar-refractivity contribution < 1.29 is 19.1 Å². The number of hydrogen-bond donors (Lipinski definition) is 0. The summed E-state index contributed by atoms with van der Waals surface area (Å²) in [6, 6.07) is -0.122. The molecule has 6 nitrogen and oxygen atoms in total. The normalized spacial score (nSPS) is 18.7. The molecular formula is C14H20N2O4S. The lowest BCUT2D eigenvalue weighted by Gasteiger charge is -2.27. The van der Waals surface area contributed by atoms with Gasteiger partial charge in [-0.25, -0.2) is 14.6 Å². The molecule has 1 aliphatic heterocycles. The van der Waals surface area contributed by atoms with Crippen LogP contribution in [0.5, 0.6) is 0 Å². The van der Waals surface area contributed by atoms with Gasteiger partial charge in [0.05, 0.1) is 13.2 Å². The number of rotatable bonds is 2. The Morgan fingerprint density at radius 2 is 2.14 bits per heavy atom. The fourth-order valence-corrected chi connectivity index (χ4v) is 3.14. The highest BCUT2D eigenvalue weighted by Gasteiger charge is 2.35. The summed E-state index contributed by atoms with van der Waals surface area (Å²) in [6.45, 7) is 6.17. The lowest BCUT2D eigenvalue weighted by molar-refractivity contribution is 0.0224. The van der Waals surface area contributed by atoms with Gasteiger partial charge in [-0.2, -0.15) is 0 Å². The molecule has 0 N–H and O–H groups in total. The molecule has 1 saturated heterocycles. The molecule has 1 aliphatic rings. The molecule has 1 aromatic rings. The Morgan fingerprint density at radius 3 is 2.76 bits per heavy atom. The van der Waals surface area contributed by atoms with Crippen LogP contribution < -0.4 is 0 Å². The van der Waals surface area contributed by atoms with Gasteiger partial charge in [0.1, 0.15) is 10.6 Å². The molecule has 7 heteroatoms. The fraction of sp³-hybridized carbons (Fsp3) is 0.643. The summed E-state index contributed by atoms with van der Waals surface area (Å²) in [5.41, 5.74) is -0.238. The highest BCUT2D eigenvalue weighted by atomic mass is 32.1. The standard InChI is InChI=1S/C14H20N2O4S/c1-14(2,3)20-13(18)16-7-5-6-10(16)11-15-9(8-21-11)12(17)19-4/h8,10H,5-7H2,1-4H3. The van der Waals surface area contributed by atoms with Crippen LogP contribution in [0.4, 0.5) is 4.79 Å². The van der Waals surface area contributed by atoms with Crippen molar-refractivity contribution in [3.05, 3.63) is 16.1 Å². The molecule has 1 atom stereocenters. The third-order valence-electron chi connectivity index (χ3n) is 3.08. The van der Waals surface area contributed by atoms with E-state index in [0.717, 1.165) is 17.8 Å². The minimum Gasteiger partial charge on any atom is -0.464 e. The number of likely N-dealkylation sites (tertiary alicyclic amines) is 1. The van der Waals surface area contributed by atoms with Gasteiger partial charge in [-0.15, -0.1) is 11.3 Å². The minimum absolute atomic E-state index is 0.122. The van der Waals surface area contributed by atoms with Crippen molar-refractivity contribution in [3.8, 4) is 0 Å². The molecule has 0 bridgehead atoms. The molecule has 1 aromatic heterocycles. The number of aromatic nitrogens is 1. The number of carbonyl (C=O) groups excluding carboxylic acids is 2. The average molecular weight is 312 g/mol. The third-order valence-corrected chi connectivity index (χ3v) is 4.03. The zero-order chi connectivity index (χ0) is 15.6. The SMILES string of the molecule is COC(=O)c1csc(C2CCCN2C(=O)OC(C)(C)C)n1. The van der Waals surface area contributed by atoms with E-state index in [-0.39, 0.29) is 17.8 Å². The first kappa shape index (κ1) is 15.8. The van der Waals surface area contributed by atoms with E-state index in [4.69, 9.17) is 4.74 Å².